The van der Waals surface area contributed by atoms with Gasteiger partial charge in [-0.25, -0.2) is 0 Å². The normalized spacial score (nSPS) is 10.2. The van der Waals surface area contributed by atoms with Gasteiger partial charge in [0.15, 0.2) is 0 Å². The van der Waals surface area contributed by atoms with Crippen LogP contribution in [0, 0.1) is 0 Å². The van der Waals surface area contributed by atoms with Gasteiger partial charge in [-0.1, -0.05) is 36.0 Å². The van der Waals surface area contributed by atoms with Crippen LogP contribution in [0.25, 0.3) is 0 Å². The molecule has 98 valence electrons. The maximum absolute atomic E-state index is 10.8. The van der Waals surface area contributed by atoms with Crippen molar-refractivity contribution in [2.45, 2.75) is 16.2 Å². The predicted octanol–water partition coefficient (Wildman–Crippen LogP) is 3.47. The van der Waals surface area contributed by atoms with E-state index in [1.807, 2.05) is 48.5 Å². The molecule has 3 nitrogen and oxygen atoms in total. The zero-order valence-electron chi connectivity index (χ0n) is 10.5. The van der Waals surface area contributed by atoms with Crippen molar-refractivity contribution >= 4 is 17.7 Å². The summed E-state index contributed by atoms with van der Waals surface area (Å²) in [5.41, 5.74) is 0.822. The van der Waals surface area contributed by atoms with Crippen LogP contribution in [0.2, 0.25) is 0 Å². The fraction of sp³-hybridized carbons (Fsp3) is 0.133. The van der Waals surface area contributed by atoms with Crippen molar-refractivity contribution in [2.75, 3.05) is 7.11 Å². The van der Waals surface area contributed by atoms with Crippen molar-refractivity contribution in [3.05, 3.63) is 54.1 Å². The second-order valence-electron chi connectivity index (χ2n) is 3.96. The minimum atomic E-state index is -0.821. The second kappa shape index (κ2) is 6.29. The molecule has 2 aromatic rings. The Bertz CT molecular complexity index is 581. The van der Waals surface area contributed by atoms with Crippen LogP contribution in [-0.2, 0) is 11.2 Å². The van der Waals surface area contributed by atoms with Gasteiger partial charge in [0.25, 0.3) is 0 Å². The van der Waals surface area contributed by atoms with E-state index in [4.69, 9.17) is 9.84 Å². The molecule has 0 amide bonds. The number of carboxylic acid groups (broad SMARTS) is 1. The third-order valence-corrected chi connectivity index (χ3v) is 3.69. The summed E-state index contributed by atoms with van der Waals surface area (Å²) in [6.07, 6.45) is 0.0349. The van der Waals surface area contributed by atoms with Gasteiger partial charge in [0, 0.05) is 9.79 Å². The van der Waals surface area contributed by atoms with Crippen molar-refractivity contribution in [3.63, 3.8) is 0 Å². The van der Waals surface area contributed by atoms with Crippen molar-refractivity contribution in [1.82, 2.24) is 0 Å². The van der Waals surface area contributed by atoms with Crippen LogP contribution >= 0.6 is 11.8 Å². The predicted molar refractivity (Wildman–Crippen MR) is 74.9 cm³/mol. The van der Waals surface area contributed by atoms with Crippen LogP contribution in [0.4, 0.5) is 0 Å². The van der Waals surface area contributed by atoms with Gasteiger partial charge in [-0.3, -0.25) is 4.79 Å². The fourth-order valence-corrected chi connectivity index (χ4v) is 2.70. The summed E-state index contributed by atoms with van der Waals surface area (Å²) in [5, 5.41) is 8.91. The number of ether oxygens (including phenoxy) is 1. The number of carboxylic acids is 1. The summed E-state index contributed by atoms with van der Waals surface area (Å²) in [6.45, 7) is 0. The molecule has 2 aromatic carbocycles. The van der Waals surface area contributed by atoms with E-state index in [0.717, 1.165) is 21.1 Å². The van der Waals surface area contributed by atoms with Crippen molar-refractivity contribution < 1.29 is 14.6 Å². The van der Waals surface area contributed by atoms with Gasteiger partial charge < -0.3 is 9.84 Å². The SMILES string of the molecule is COc1cccc(Sc2ccccc2CC(=O)O)c1. The van der Waals surface area contributed by atoms with Gasteiger partial charge in [-0.15, -0.1) is 0 Å². The molecule has 0 spiro atoms. The molecule has 0 bridgehead atoms. The molecule has 0 unspecified atom stereocenters. The molecule has 0 saturated carbocycles. The Morgan fingerprint density at radius 3 is 2.74 bits per heavy atom. The molecule has 2 rings (SSSR count). The van der Waals surface area contributed by atoms with Crippen LogP contribution in [0.5, 0.6) is 5.75 Å². The third kappa shape index (κ3) is 3.76. The first-order valence-electron chi connectivity index (χ1n) is 5.80. The minimum absolute atomic E-state index is 0.0349. The lowest BCUT2D eigenvalue weighted by atomic mass is 10.1. The van der Waals surface area contributed by atoms with Crippen LogP contribution in [0.3, 0.4) is 0 Å². The van der Waals surface area contributed by atoms with Gasteiger partial charge in [0.1, 0.15) is 5.75 Å². The number of carbonyl (C=O) groups is 1. The number of aliphatic carboxylic acids is 1. The Hall–Kier alpha value is -1.94. The van der Waals surface area contributed by atoms with Crippen molar-refractivity contribution in [1.29, 1.82) is 0 Å². The topological polar surface area (TPSA) is 46.5 Å². The number of hydrogen-bond donors (Lipinski definition) is 1. The lowest BCUT2D eigenvalue weighted by Gasteiger charge is -2.08. The average molecular weight is 274 g/mol. The monoisotopic (exact) mass is 274 g/mol. The summed E-state index contributed by atoms with van der Waals surface area (Å²) in [7, 11) is 1.63. The summed E-state index contributed by atoms with van der Waals surface area (Å²) in [4.78, 5) is 12.8. The van der Waals surface area contributed by atoms with Gasteiger partial charge in [-0.2, -0.15) is 0 Å². The average Bonchev–Trinajstić information content (AvgIpc) is 2.41. The van der Waals surface area contributed by atoms with Crippen molar-refractivity contribution in [3.8, 4) is 5.75 Å². The molecule has 0 aliphatic carbocycles. The first kappa shape index (κ1) is 13.5. The number of hydrogen-bond acceptors (Lipinski definition) is 3. The Balaban J connectivity index is 2.24. The van der Waals surface area contributed by atoms with E-state index in [1.165, 1.54) is 0 Å². The first-order valence-corrected chi connectivity index (χ1v) is 6.62. The molecule has 0 heterocycles. The minimum Gasteiger partial charge on any atom is -0.497 e. The van der Waals surface area contributed by atoms with Gasteiger partial charge >= 0.3 is 5.97 Å². The number of rotatable bonds is 5. The summed E-state index contributed by atoms with van der Waals surface area (Å²) in [6, 6.07) is 15.3. The molecule has 0 radical (unpaired) electrons. The number of benzene rings is 2. The van der Waals surface area contributed by atoms with Crippen LogP contribution in [0.1, 0.15) is 5.56 Å². The zero-order chi connectivity index (χ0) is 13.7. The summed E-state index contributed by atoms with van der Waals surface area (Å²) >= 11 is 1.54. The molecular formula is C15H14O3S. The fourth-order valence-electron chi connectivity index (χ4n) is 1.70. The Morgan fingerprint density at radius 2 is 2.00 bits per heavy atom. The van der Waals surface area contributed by atoms with Gasteiger partial charge in [0.05, 0.1) is 13.5 Å². The molecule has 0 aliphatic rings. The van der Waals surface area contributed by atoms with Crippen LogP contribution in [0.15, 0.2) is 58.3 Å². The number of methoxy groups -OCH3 is 1. The van der Waals surface area contributed by atoms with E-state index >= 15 is 0 Å². The van der Waals surface area contributed by atoms with Crippen LogP contribution < -0.4 is 4.74 Å². The third-order valence-electron chi connectivity index (χ3n) is 2.58. The molecule has 0 atom stereocenters. The quantitative estimate of drug-likeness (QED) is 0.906. The highest BCUT2D eigenvalue weighted by molar-refractivity contribution is 7.99. The van der Waals surface area contributed by atoms with E-state index in [9.17, 15) is 4.79 Å². The van der Waals surface area contributed by atoms with E-state index in [1.54, 1.807) is 18.9 Å². The van der Waals surface area contributed by atoms with Crippen LogP contribution in [-0.4, -0.2) is 18.2 Å². The molecule has 0 fully saturated rings. The molecule has 0 saturated heterocycles. The smallest absolute Gasteiger partial charge is 0.307 e. The molecule has 0 aromatic heterocycles. The molecule has 4 heteroatoms. The van der Waals surface area contributed by atoms with Gasteiger partial charge in [-0.05, 0) is 29.8 Å². The van der Waals surface area contributed by atoms with Crippen molar-refractivity contribution in [2.24, 2.45) is 0 Å². The van der Waals surface area contributed by atoms with E-state index in [2.05, 4.69) is 0 Å². The zero-order valence-corrected chi connectivity index (χ0v) is 11.3. The highest BCUT2D eigenvalue weighted by Crippen LogP contribution is 2.32. The Labute approximate surface area is 116 Å². The summed E-state index contributed by atoms with van der Waals surface area (Å²) in [5.74, 6) is -0.0283. The lowest BCUT2D eigenvalue weighted by Crippen LogP contribution is -2.01. The molecule has 0 aliphatic heterocycles. The molecule has 1 N–H and O–H groups in total. The van der Waals surface area contributed by atoms with Gasteiger partial charge in [0.2, 0.25) is 0 Å². The highest BCUT2D eigenvalue weighted by Gasteiger charge is 2.08. The Kier molecular flexibility index (Phi) is 4.47. The maximum atomic E-state index is 10.8. The highest BCUT2D eigenvalue weighted by atomic mass is 32.2. The van der Waals surface area contributed by atoms with E-state index in [-0.39, 0.29) is 6.42 Å². The molecular weight excluding hydrogens is 260 g/mol. The van der Waals surface area contributed by atoms with E-state index in [0.29, 0.717) is 0 Å². The second-order valence-corrected chi connectivity index (χ2v) is 5.07. The largest absolute Gasteiger partial charge is 0.497 e. The maximum Gasteiger partial charge on any atom is 0.307 e. The van der Waals surface area contributed by atoms with E-state index < -0.39 is 5.97 Å². The first-order chi connectivity index (χ1) is 9.19. The molecule has 19 heavy (non-hydrogen) atoms. The standard InChI is InChI=1S/C15H14O3S/c1-18-12-6-4-7-13(10-12)19-14-8-3-2-5-11(14)9-15(16)17/h2-8,10H,9H2,1H3,(H,16,17). The summed E-state index contributed by atoms with van der Waals surface area (Å²) < 4.78 is 5.18. The Morgan fingerprint density at radius 1 is 1.21 bits per heavy atom. The lowest BCUT2D eigenvalue weighted by molar-refractivity contribution is -0.136.